The fourth-order valence-corrected chi connectivity index (χ4v) is 1.54. The maximum absolute atomic E-state index is 10.7. The molecule has 0 spiro atoms. The fourth-order valence-electron chi connectivity index (χ4n) is 1.54. The minimum atomic E-state index is -1.72. The number of carbonyl (C=O) groups excluding carboxylic acids is 1. The van der Waals surface area contributed by atoms with Crippen molar-refractivity contribution in [3.63, 3.8) is 0 Å². The topological polar surface area (TPSA) is 98.4 Å². The van der Waals surface area contributed by atoms with Crippen molar-refractivity contribution in [2.75, 3.05) is 0 Å². The summed E-state index contributed by atoms with van der Waals surface area (Å²) in [6.07, 6.45) is -0.393. The van der Waals surface area contributed by atoms with E-state index >= 15 is 0 Å². The van der Waals surface area contributed by atoms with Crippen LogP contribution in [0, 0.1) is 11.3 Å². The lowest BCUT2D eigenvalue weighted by molar-refractivity contribution is -0.147. The van der Waals surface area contributed by atoms with Crippen LogP contribution in [0.5, 0.6) is 0 Å². The second-order valence-electron chi connectivity index (χ2n) is 3.44. The van der Waals surface area contributed by atoms with E-state index in [1.54, 1.807) is 12.1 Å². The van der Waals surface area contributed by atoms with Crippen molar-refractivity contribution < 1.29 is 19.8 Å². The van der Waals surface area contributed by atoms with Gasteiger partial charge in [-0.25, -0.2) is 4.79 Å². The molecule has 0 aliphatic heterocycles. The van der Waals surface area contributed by atoms with Gasteiger partial charge in [0.15, 0.2) is 6.10 Å². The van der Waals surface area contributed by atoms with Crippen LogP contribution in [-0.2, 0) is 16.0 Å². The van der Waals surface area contributed by atoms with Crippen LogP contribution < -0.4 is 0 Å². The van der Waals surface area contributed by atoms with Crippen molar-refractivity contribution in [2.45, 2.75) is 18.9 Å². The van der Waals surface area contributed by atoms with E-state index in [4.69, 9.17) is 10.4 Å². The highest BCUT2D eigenvalue weighted by Gasteiger charge is 2.20. The third kappa shape index (κ3) is 2.89. The van der Waals surface area contributed by atoms with E-state index in [2.05, 4.69) is 0 Å². The average molecular weight is 233 g/mol. The molecule has 1 unspecified atom stereocenters. The molecule has 0 aliphatic carbocycles. The zero-order valence-corrected chi connectivity index (χ0v) is 8.96. The molecule has 5 heteroatoms. The number of carbonyl (C=O) groups is 2. The van der Waals surface area contributed by atoms with E-state index < -0.39 is 12.1 Å². The lowest BCUT2D eigenvalue weighted by atomic mass is 9.95. The van der Waals surface area contributed by atoms with Crippen LogP contribution in [0.4, 0.5) is 0 Å². The predicted molar refractivity (Wildman–Crippen MR) is 58.1 cm³/mol. The number of aldehydes is 1. The van der Waals surface area contributed by atoms with E-state index in [1.165, 1.54) is 6.07 Å². The first-order valence-corrected chi connectivity index (χ1v) is 4.98. The van der Waals surface area contributed by atoms with E-state index in [-0.39, 0.29) is 17.5 Å². The molecule has 0 amide bonds. The minimum Gasteiger partial charge on any atom is -0.479 e. The Morgan fingerprint density at radius 2 is 2.24 bits per heavy atom. The molecule has 88 valence electrons. The second kappa shape index (κ2) is 5.77. The molecule has 17 heavy (non-hydrogen) atoms. The van der Waals surface area contributed by atoms with Crippen LogP contribution in [0.2, 0.25) is 0 Å². The number of rotatable bonds is 5. The number of carboxylic acid groups (broad SMARTS) is 1. The van der Waals surface area contributed by atoms with Gasteiger partial charge in [-0.2, -0.15) is 5.26 Å². The number of nitrogens with zero attached hydrogens (tertiary/aromatic N) is 1. The summed E-state index contributed by atoms with van der Waals surface area (Å²) in [5.74, 6) is -1.41. The Labute approximate surface area is 97.9 Å². The molecule has 0 aliphatic rings. The smallest absolute Gasteiger partial charge is 0.337 e. The largest absolute Gasteiger partial charge is 0.479 e. The molecular formula is C12H11NO4. The first-order valence-electron chi connectivity index (χ1n) is 4.98. The van der Waals surface area contributed by atoms with Gasteiger partial charge in [0.25, 0.3) is 0 Å². The summed E-state index contributed by atoms with van der Waals surface area (Å²) >= 11 is 0. The van der Waals surface area contributed by atoms with Gasteiger partial charge in [0.1, 0.15) is 6.29 Å². The zero-order valence-electron chi connectivity index (χ0n) is 8.96. The molecule has 0 saturated carbocycles. The van der Waals surface area contributed by atoms with Gasteiger partial charge in [-0.3, -0.25) is 0 Å². The molecule has 1 aromatic rings. The van der Waals surface area contributed by atoms with Gasteiger partial charge in [0, 0.05) is 12.0 Å². The number of aliphatic hydroxyl groups excluding tert-OH is 1. The standard InChI is InChI=1S/C12H11NO4/c13-7-10-8(4-2-6-14)3-1-5-9(10)11(15)12(16)17/h1,3,5-6,11,15H,2,4H2,(H,16,17). The highest BCUT2D eigenvalue weighted by atomic mass is 16.4. The number of hydrogen-bond donors (Lipinski definition) is 2. The summed E-state index contributed by atoms with van der Waals surface area (Å²) in [6, 6.07) is 6.46. The van der Waals surface area contributed by atoms with Crippen LogP contribution in [-0.4, -0.2) is 22.5 Å². The number of benzene rings is 1. The number of nitriles is 1. The molecule has 1 rings (SSSR count). The Balaban J connectivity index is 3.19. The Bertz CT molecular complexity index is 476. The average Bonchev–Trinajstić information content (AvgIpc) is 2.34. The van der Waals surface area contributed by atoms with Gasteiger partial charge in [-0.15, -0.1) is 0 Å². The van der Waals surface area contributed by atoms with Crippen LogP contribution in [0.15, 0.2) is 18.2 Å². The fraction of sp³-hybridized carbons (Fsp3) is 0.250. The highest BCUT2D eigenvalue weighted by molar-refractivity contribution is 5.75. The number of hydrogen-bond acceptors (Lipinski definition) is 4. The summed E-state index contributed by atoms with van der Waals surface area (Å²) in [5, 5.41) is 27.1. The zero-order chi connectivity index (χ0) is 12.8. The Morgan fingerprint density at radius 3 is 2.76 bits per heavy atom. The molecular weight excluding hydrogens is 222 g/mol. The quantitative estimate of drug-likeness (QED) is 0.733. The SMILES string of the molecule is N#Cc1c(CCC=O)cccc1C(O)C(=O)O. The molecule has 5 nitrogen and oxygen atoms in total. The molecule has 0 radical (unpaired) electrons. The second-order valence-corrected chi connectivity index (χ2v) is 3.44. The number of aliphatic carboxylic acids is 1. The number of aryl methyl sites for hydroxylation is 1. The van der Waals surface area contributed by atoms with Crippen LogP contribution in [0.1, 0.15) is 29.2 Å². The van der Waals surface area contributed by atoms with Gasteiger partial charge < -0.3 is 15.0 Å². The molecule has 1 aromatic carbocycles. The number of carboxylic acids is 1. The van der Waals surface area contributed by atoms with E-state index in [1.807, 2.05) is 6.07 Å². The van der Waals surface area contributed by atoms with Crippen molar-refractivity contribution in [3.05, 3.63) is 34.9 Å². The lowest BCUT2D eigenvalue weighted by Crippen LogP contribution is -2.13. The monoisotopic (exact) mass is 233 g/mol. The summed E-state index contributed by atoms with van der Waals surface area (Å²) in [4.78, 5) is 21.0. The summed E-state index contributed by atoms with van der Waals surface area (Å²) in [7, 11) is 0. The predicted octanol–water partition coefficient (Wildman–Crippen LogP) is 0.808. The first kappa shape index (κ1) is 12.9. The summed E-state index contributed by atoms with van der Waals surface area (Å²) in [5.41, 5.74) is 0.755. The lowest BCUT2D eigenvalue weighted by Gasteiger charge is -2.10. The molecule has 0 heterocycles. The van der Waals surface area contributed by atoms with Crippen LogP contribution in [0.3, 0.4) is 0 Å². The van der Waals surface area contributed by atoms with Crippen LogP contribution >= 0.6 is 0 Å². The normalized spacial score (nSPS) is 11.5. The molecule has 0 fully saturated rings. The maximum atomic E-state index is 10.7. The van der Waals surface area contributed by atoms with Gasteiger partial charge in [0.05, 0.1) is 11.6 Å². The van der Waals surface area contributed by atoms with Crippen molar-refractivity contribution >= 4 is 12.3 Å². The maximum Gasteiger partial charge on any atom is 0.337 e. The van der Waals surface area contributed by atoms with Gasteiger partial charge >= 0.3 is 5.97 Å². The van der Waals surface area contributed by atoms with Gasteiger partial charge in [-0.1, -0.05) is 18.2 Å². The highest BCUT2D eigenvalue weighted by Crippen LogP contribution is 2.22. The van der Waals surface area contributed by atoms with Crippen molar-refractivity contribution in [3.8, 4) is 6.07 Å². The molecule has 0 bridgehead atoms. The van der Waals surface area contributed by atoms with E-state index in [0.29, 0.717) is 12.0 Å². The molecule has 2 N–H and O–H groups in total. The number of aliphatic hydroxyl groups is 1. The molecule has 0 aromatic heterocycles. The van der Waals surface area contributed by atoms with Gasteiger partial charge in [0.2, 0.25) is 0 Å². The van der Waals surface area contributed by atoms with Crippen LogP contribution in [0.25, 0.3) is 0 Å². The van der Waals surface area contributed by atoms with Crippen molar-refractivity contribution in [1.29, 1.82) is 5.26 Å². The summed E-state index contributed by atoms with van der Waals surface area (Å²) < 4.78 is 0. The van der Waals surface area contributed by atoms with Crippen molar-refractivity contribution in [1.82, 2.24) is 0 Å². The third-order valence-electron chi connectivity index (χ3n) is 2.35. The van der Waals surface area contributed by atoms with E-state index in [9.17, 15) is 14.7 Å². The van der Waals surface area contributed by atoms with Crippen molar-refractivity contribution in [2.24, 2.45) is 0 Å². The molecule has 0 saturated heterocycles. The summed E-state index contributed by atoms with van der Waals surface area (Å²) in [6.45, 7) is 0. The van der Waals surface area contributed by atoms with E-state index in [0.717, 1.165) is 6.29 Å². The Morgan fingerprint density at radius 1 is 1.53 bits per heavy atom. The minimum absolute atomic E-state index is 0.0587. The Hall–Kier alpha value is -2.19. The van der Waals surface area contributed by atoms with Gasteiger partial charge in [-0.05, 0) is 12.0 Å². The Kier molecular flexibility index (Phi) is 4.37. The molecule has 1 atom stereocenters. The third-order valence-corrected chi connectivity index (χ3v) is 2.35. The first-order chi connectivity index (χ1) is 8.11.